The van der Waals surface area contributed by atoms with Crippen molar-refractivity contribution in [3.63, 3.8) is 0 Å². The molecule has 2 aliphatic rings. The fourth-order valence-electron chi connectivity index (χ4n) is 5.78. The average Bonchev–Trinajstić information content (AvgIpc) is 3.30. The zero-order chi connectivity index (χ0) is 25.2. The Bertz CT molecular complexity index is 1250. The predicted octanol–water partition coefficient (Wildman–Crippen LogP) is 4.70. The zero-order valence-corrected chi connectivity index (χ0v) is 20.9. The minimum atomic E-state index is -0.855. The van der Waals surface area contributed by atoms with Crippen molar-refractivity contribution in [3.8, 4) is 0 Å². The van der Waals surface area contributed by atoms with E-state index in [1.54, 1.807) is 12.0 Å². The average molecular weight is 492 g/mol. The van der Waals surface area contributed by atoms with E-state index in [0.29, 0.717) is 19.6 Å². The lowest BCUT2D eigenvalue weighted by molar-refractivity contribution is -0.139. The molecule has 1 amide bonds. The van der Waals surface area contributed by atoms with Gasteiger partial charge in [-0.05, 0) is 49.3 Å². The van der Waals surface area contributed by atoms with Crippen LogP contribution in [-0.2, 0) is 33.8 Å². The number of hydrogen-bond acceptors (Lipinski definition) is 5. The lowest BCUT2D eigenvalue weighted by Gasteiger charge is -2.28. The maximum absolute atomic E-state index is 12.4. The number of aliphatic carboxylic acids is 1. The van der Waals surface area contributed by atoms with Gasteiger partial charge in [0, 0.05) is 31.7 Å². The summed E-state index contributed by atoms with van der Waals surface area (Å²) in [6.45, 7) is 1.34. The van der Waals surface area contributed by atoms with Gasteiger partial charge in [-0.3, -0.25) is 4.79 Å². The molecule has 0 spiro atoms. The smallest absolute Gasteiger partial charge is 0.409 e. The highest BCUT2D eigenvalue weighted by atomic mass is 16.5. The first-order valence-corrected chi connectivity index (χ1v) is 12.6. The molecule has 0 unspecified atom stereocenters. The molecule has 0 radical (unpaired) electrons. The molecule has 1 fully saturated rings. The molecule has 0 bridgehead atoms. The molecule has 3 aromatic rings. The van der Waals surface area contributed by atoms with Crippen molar-refractivity contribution < 1.29 is 24.2 Å². The van der Waals surface area contributed by atoms with Crippen molar-refractivity contribution in [1.82, 2.24) is 14.5 Å². The third-order valence-corrected chi connectivity index (χ3v) is 7.82. The number of aromatic nitrogens is 2. The lowest BCUT2D eigenvalue weighted by atomic mass is 9.86. The first-order chi connectivity index (χ1) is 17.5. The quantitative estimate of drug-likeness (QED) is 0.537. The van der Waals surface area contributed by atoms with E-state index in [-0.39, 0.29) is 18.1 Å². The van der Waals surface area contributed by atoms with Crippen molar-refractivity contribution in [2.45, 2.75) is 63.1 Å². The number of amides is 1. The summed E-state index contributed by atoms with van der Waals surface area (Å²) in [4.78, 5) is 31.6. The van der Waals surface area contributed by atoms with Gasteiger partial charge in [0.25, 0.3) is 0 Å². The number of hydrogen-bond donors (Lipinski definition) is 1. The highest BCUT2D eigenvalue weighted by molar-refractivity contribution is 5.83. The molecule has 1 aromatic heterocycles. The van der Waals surface area contributed by atoms with Crippen LogP contribution in [0.5, 0.6) is 0 Å². The molecule has 1 saturated carbocycles. The molecule has 5 rings (SSSR count). The molecule has 1 N–H and O–H groups in total. The Hall–Kier alpha value is -3.39. The monoisotopic (exact) mass is 491 g/mol. The van der Waals surface area contributed by atoms with Gasteiger partial charge in [-0.2, -0.15) is 0 Å². The Morgan fingerprint density at radius 3 is 2.50 bits per heavy atom. The number of benzene rings is 2. The molecule has 8 heteroatoms. The van der Waals surface area contributed by atoms with E-state index in [1.807, 2.05) is 30.3 Å². The summed E-state index contributed by atoms with van der Waals surface area (Å²) in [7, 11) is 3.16. The molecule has 36 heavy (non-hydrogen) atoms. The van der Waals surface area contributed by atoms with E-state index in [1.165, 1.54) is 12.7 Å². The van der Waals surface area contributed by atoms with Crippen LogP contribution in [0.15, 0.2) is 42.5 Å². The largest absolute Gasteiger partial charge is 0.481 e. The molecule has 190 valence electrons. The van der Waals surface area contributed by atoms with Crippen molar-refractivity contribution in [2.75, 3.05) is 20.8 Å². The zero-order valence-electron chi connectivity index (χ0n) is 20.9. The second-order valence-corrected chi connectivity index (χ2v) is 9.80. The minimum Gasteiger partial charge on any atom is -0.481 e. The van der Waals surface area contributed by atoms with Crippen molar-refractivity contribution in [3.05, 3.63) is 65.0 Å². The maximum Gasteiger partial charge on any atom is 0.409 e. The summed E-state index contributed by atoms with van der Waals surface area (Å²) >= 11 is 0. The highest BCUT2D eigenvalue weighted by Crippen LogP contribution is 2.38. The third-order valence-electron chi connectivity index (χ3n) is 7.82. The van der Waals surface area contributed by atoms with Gasteiger partial charge in [0.1, 0.15) is 5.82 Å². The summed E-state index contributed by atoms with van der Waals surface area (Å²) in [6, 6.07) is 13.6. The predicted molar refractivity (Wildman–Crippen MR) is 135 cm³/mol. The SMILES string of the molecule is COC(=O)N1CCc2ccc3c(nc(C4CCC(OC)CC4)n3C[C@@H](C(=O)O)c3ccccc3)c2C1. The number of rotatable bonds is 6. The second-order valence-electron chi connectivity index (χ2n) is 9.80. The molecular weight excluding hydrogens is 458 g/mol. The molecule has 1 aliphatic carbocycles. The number of methoxy groups -OCH3 is 2. The van der Waals surface area contributed by atoms with Gasteiger partial charge >= 0.3 is 12.1 Å². The Kier molecular flexibility index (Phi) is 6.96. The van der Waals surface area contributed by atoms with E-state index in [0.717, 1.165) is 60.1 Å². The van der Waals surface area contributed by atoms with Crippen molar-refractivity contribution in [2.24, 2.45) is 0 Å². The van der Waals surface area contributed by atoms with Crippen molar-refractivity contribution >= 4 is 23.1 Å². The Labute approximate surface area is 210 Å². The fourth-order valence-corrected chi connectivity index (χ4v) is 5.78. The van der Waals surface area contributed by atoms with Crippen molar-refractivity contribution in [1.29, 1.82) is 0 Å². The number of carboxylic acids is 1. The topological polar surface area (TPSA) is 93.9 Å². The Morgan fingerprint density at radius 2 is 1.83 bits per heavy atom. The van der Waals surface area contributed by atoms with E-state index >= 15 is 0 Å². The Morgan fingerprint density at radius 1 is 1.08 bits per heavy atom. The van der Waals surface area contributed by atoms with Crippen LogP contribution in [0.4, 0.5) is 4.79 Å². The number of carbonyl (C=O) groups excluding carboxylic acids is 1. The number of fused-ring (bicyclic) bond motifs is 3. The van der Waals surface area contributed by atoms with Gasteiger partial charge in [-0.25, -0.2) is 9.78 Å². The van der Waals surface area contributed by atoms with Crippen LogP contribution in [0.1, 0.15) is 60.0 Å². The van der Waals surface area contributed by atoms with Crippen LogP contribution in [0.2, 0.25) is 0 Å². The number of ether oxygens (including phenoxy) is 2. The summed E-state index contributed by atoms with van der Waals surface area (Å²) in [5.41, 5.74) is 4.77. The first-order valence-electron chi connectivity index (χ1n) is 12.6. The minimum absolute atomic E-state index is 0.227. The molecule has 2 aromatic carbocycles. The molecular formula is C28H33N3O5. The van der Waals surface area contributed by atoms with Crippen LogP contribution >= 0.6 is 0 Å². The maximum atomic E-state index is 12.4. The van der Waals surface area contributed by atoms with Crippen LogP contribution < -0.4 is 0 Å². The van der Waals surface area contributed by atoms with Gasteiger partial charge in [0.05, 0.1) is 36.7 Å². The van der Waals surface area contributed by atoms with Gasteiger partial charge in [0.15, 0.2) is 0 Å². The van der Waals surface area contributed by atoms with E-state index in [9.17, 15) is 14.7 Å². The second kappa shape index (κ2) is 10.3. The summed E-state index contributed by atoms with van der Waals surface area (Å²) < 4.78 is 12.7. The lowest BCUT2D eigenvalue weighted by Crippen LogP contribution is -2.35. The number of carboxylic acid groups (broad SMARTS) is 1. The summed E-state index contributed by atoms with van der Waals surface area (Å²) in [5, 5.41) is 10.2. The van der Waals surface area contributed by atoms with E-state index in [2.05, 4.69) is 16.7 Å². The molecule has 2 heterocycles. The highest BCUT2D eigenvalue weighted by Gasteiger charge is 2.31. The normalized spacial score (nSPS) is 20.7. The first kappa shape index (κ1) is 24.3. The fraction of sp³-hybridized carbons (Fsp3) is 0.464. The Balaban J connectivity index is 1.60. The number of nitrogens with zero attached hydrogens (tertiary/aromatic N) is 3. The number of carbonyl (C=O) groups is 2. The van der Waals surface area contributed by atoms with Crippen LogP contribution in [0.25, 0.3) is 11.0 Å². The van der Waals surface area contributed by atoms with Gasteiger partial charge in [-0.15, -0.1) is 0 Å². The summed E-state index contributed by atoms with van der Waals surface area (Å²) in [6.07, 6.45) is 4.47. The molecule has 1 aliphatic heterocycles. The molecule has 1 atom stereocenters. The molecule has 0 saturated heterocycles. The summed E-state index contributed by atoms with van der Waals surface area (Å²) in [5.74, 6) is -0.387. The van der Waals surface area contributed by atoms with E-state index in [4.69, 9.17) is 14.5 Å². The van der Waals surface area contributed by atoms with Gasteiger partial charge < -0.3 is 24.0 Å². The van der Waals surface area contributed by atoms with E-state index < -0.39 is 11.9 Å². The molecule has 8 nitrogen and oxygen atoms in total. The standard InChI is InChI=1S/C28H33N3O5/c1-35-21-11-8-20(9-12-21)26-29-25-22-16-30(28(34)36-2)15-14-19(22)10-13-24(25)31(26)17-23(27(32)33)18-6-4-3-5-7-18/h3-7,10,13,20-21,23H,8-9,11-12,14-17H2,1-2H3,(H,32,33)/t20?,21?,23-/m1/s1. The van der Waals surface area contributed by atoms with Crippen LogP contribution in [0, 0.1) is 0 Å². The number of imidazole rings is 1. The van der Waals surface area contributed by atoms with Crippen LogP contribution in [0.3, 0.4) is 0 Å². The van der Waals surface area contributed by atoms with Crippen LogP contribution in [-0.4, -0.2) is 58.5 Å². The van der Waals surface area contributed by atoms with Gasteiger partial charge in [0.2, 0.25) is 0 Å². The van der Waals surface area contributed by atoms with Gasteiger partial charge in [-0.1, -0.05) is 36.4 Å². The third kappa shape index (κ3) is 4.57.